The Bertz CT molecular complexity index is 377. The molecule has 1 aromatic carbocycles. The standard InChI is InChI=1S/2C6H10O3.C6H6.C4H10/c2*1(5-3-8-5)7-2-6-4-9-6;1-2-4-6-5-3-1;1-3-4-2/h2*5-6H,1-4H2;1-6H;3-4H2,1-2H3. The third-order valence-electron chi connectivity index (χ3n) is 3.99. The third kappa shape index (κ3) is 16.0. The minimum Gasteiger partial charge on any atom is -0.376 e. The van der Waals surface area contributed by atoms with Gasteiger partial charge in [-0.1, -0.05) is 63.1 Å². The second-order valence-corrected chi connectivity index (χ2v) is 7.05. The summed E-state index contributed by atoms with van der Waals surface area (Å²) in [6, 6.07) is 12.0. The first-order chi connectivity index (χ1) is 13.8. The molecular formula is C22H36O6. The van der Waals surface area contributed by atoms with E-state index in [1.165, 1.54) is 12.8 Å². The number of epoxide rings is 4. The van der Waals surface area contributed by atoms with Crippen LogP contribution in [0.5, 0.6) is 0 Å². The number of unbranched alkanes of at least 4 members (excludes halogenated alkanes) is 1. The summed E-state index contributed by atoms with van der Waals surface area (Å²) in [7, 11) is 0. The molecule has 0 radical (unpaired) electrons. The van der Waals surface area contributed by atoms with Crippen LogP contribution in [0.4, 0.5) is 0 Å². The second-order valence-electron chi connectivity index (χ2n) is 7.05. The lowest BCUT2D eigenvalue weighted by molar-refractivity contribution is 0.102. The number of rotatable bonds is 9. The van der Waals surface area contributed by atoms with Gasteiger partial charge in [0.25, 0.3) is 0 Å². The van der Waals surface area contributed by atoms with Crippen LogP contribution < -0.4 is 0 Å². The molecule has 0 aromatic heterocycles. The van der Waals surface area contributed by atoms with Gasteiger partial charge in [-0.15, -0.1) is 0 Å². The van der Waals surface area contributed by atoms with Crippen LogP contribution in [0.1, 0.15) is 26.7 Å². The lowest BCUT2D eigenvalue weighted by atomic mass is 10.4. The smallest absolute Gasteiger partial charge is 0.104 e. The summed E-state index contributed by atoms with van der Waals surface area (Å²) in [6.45, 7) is 10.9. The summed E-state index contributed by atoms with van der Waals surface area (Å²) in [5.41, 5.74) is 0. The van der Waals surface area contributed by atoms with Crippen LogP contribution in [0.25, 0.3) is 0 Å². The molecule has 4 atom stereocenters. The molecule has 4 unspecified atom stereocenters. The van der Waals surface area contributed by atoms with Gasteiger partial charge in [0.1, 0.15) is 24.4 Å². The molecule has 4 saturated heterocycles. The van der Waals surface area contributed by atoms with E-state index in [-0.39, 0.29) is 0 Å². The molecule has 28 heavy (non-hydrogen) atoms. The summed E-state index contributed by atoms with van der Waals surface area (Å²) in [5.74, 6) is 0. The summed E-state index contributed by atoms with van der Waals surface area (Å²) in [6.07, 6.45) is 4.21. The van der Waals surface area contributed by atoms with Crippen molar-refractivity contribution in [3.8, 4) is 0 Å². The molecule has 4 fully saturated rings. The van der Waals surface area contributed by atoms with Gasteiger partial charge >= 0.3 is 0 Å². The third-order valence-corrected chi connectivity index (χ3v) is 3.99. The summed E-state index contributed by atoms with van der Waals surface area (Å²) >= 11 is 0. The molecule has 160 valence electrons. The van der Waals surface area contributed by atoms with E-state index in [0.29, 0.717) is 24.4 Å². The Morgan fingerprint density at radius 1 is 0.536 bits per heavy atom. The van der Waals surface area contributed by atoms with Crippen molar-refractivity contribution >= 4 is 0 Å². The van der Waals surface area contributed by atoms with Gasteiger partial charge in [-0.25, -0.2) is 0 Å². The van der Waals surface area contributed by atoms with Crippen molar-refractivity contribution in [1.82, 2.24) is 0 Å². The van der Waals surface area contributed by atoms with Crippen LogP contribution >= 0.6 is 0 Å². The first-order valence-electron chi connectivity index (χ1n) is 10.4. The second kappa shape index (κ2) is 14.9. The van der Waals surface area contributed by atoms with E-state index in [1.54, 1.807) is 0 Å². The molecule has 0 N–H and O–H groups in total. The Balaban J connectivity index is 0.000000140. The zero-order chi connectivity index (χ0) is 19.9. The predicted octanol–water partition coefficient (Wildman–Crippen LogP) is 3.09. The summed E-state index contributed by atoms with van der Waals surface area (Å²) in [5, 5.41) is 0. The Kier molecular flexibility index (Phi) is 12.4. The van der Waals surface area contributed by atoms with E-state index < -0.39 is 0 Å². The first kappa shape index (κ1) is 23.3. The van der Waals surface area contributed by atoms with E-state index in [4.69, 9.17) is 28.4 Å². The van der Waals surface area contributed by atoms with Gasteiger partial charge in [0, 0.05) is 0 Å². The number of hydrogen-bond acceptors (Lipinski definition) is 6. The Morgan fingerprint density at radius 2 is 0.750 bits per heavy atom. The van der Waals surface area contributed by atoms with Crippen molar-refractivity contribution in [2.75, 3.05) is 52.9 Å². The molecule has 4 aliphatic heterocycles. The molecule has 0 aliphatic carbocycles. The minimum atomic E-state index is 0.392. The lowest BCUT2D eigenvalue weighted by Gasteiger charge is -1.95. The maximum absolute atomic E-state index is 5.23. The van der Waals surface area contributed by atoms with Crippen molar-refractivity contribution in [3.63, 3.8) is 0 Å². The van der Waals surface area contributed by atoms with Crippen molar-refractivity contribution in [2.45, 2.75) is 51.1 Å². The van der Waals surface area contributed by atoms with E-state index >= 15 is 0 Å². The van der Waals surface area contributed by atoms with Gasteiger partial charge in [-0.05, 0) is 0 Å². The molecule has 0 saturated carbocycles. The normalized spacial score (nSPS) is 27.6. The number of benzene rings is 1. The van der Waals surface area contributed by atoms with Crippen molar-refractivity contribution < 1.29 is 28.4 Å². The van der Waals surface area contributed by atoms with Gasteiger partial charge in [0.15, 0.2) is 0 Å². The molecule has 4 aliphatic rings. The predicted molar refractivity (Wildman–Crippen MR) is 108 cm³/mol. The van der Waals surface area contributed by atoms with Gasteiger partial charge in [-0.2, -0.15) is 0 Å². The first-order valence-corrected chi connectivity index (χ1v) is 10.4. The van der Waals surface area contributed by atoms with Crippen molar-refractivity contribution in [2.24, 2.45) is 0 Å². The zero-order valence-corrected chi connectivity index (χ0v) is 17.3. The van der Waals surface area contributed by atoms with E-state index in [1.807, 2.05) is 36.4 Å². The molecular weight excluding hydrogens is 360 g/mol. The summed E-state index contributed by atoms with van der Waals surface area (Å²) < 4.78 is 30.2. The van der Waals surface area contributed by atoms with Gasteiger partial charge in [0.05, 0.1) is 52.9 Å². The highest BCUT2D eigenvalue weighted by Gasteiger charge is 2.27. The molecule has 4 heterocycles. The molecule has 5 rings (SSSR count). The molecule has 6 nitrogen and oxygen atoms in total. The van der Waals surface area contributed by atoms with Crippen LogP contribution in [-0.4, -0.2) is 77.3 Å². The minimum absolute atomic E-state index is 0.392. The fourth-order valence-corrected chi connectivity index (χ4v) is 1.70. The van der Waals surface area contributed by atoms with Crippen molar-refractivity contribution in [3.05, 3.63) is 36.4 Å². The SMILES string of the molecule is C(OCC1CO1)C1CO1.C(OCC1CO1)C1CO1.CCCC.c1ccccc1. The number of hydrogen-bond donors (Lipinski definition) is 0. The van der Waals surface area contributed by atoms with Gasteiger partial charge in [-0.3, -0.25) is 0 Å². The van der Waals surface area contributed by atoms with E-state index in [2.05, 4.69) is 13.8 Å². The number of ether oxygens (including phenoxy) is 6. The average Bonchev–Trinajstić information content (AvgIpc) is 3.60. The van der Waals surface area contributed by atoms with Crippen LogP contribution in [0.2, 0.25) is 0 Å². The average molecular weight is 397 g/mol. The maximum Gasteiger partial charge on any atom is 0.104 e. The lowest BCUT2D eigenvalue weighted by Crippen LogP contribution is -2.06. The highest BCUT2D eigenvalue weighted by molar-refractivity contribution is 4.99. The van der Waals surface area contributed by atoms with E-state index in [0.717, 1.165) is 52.9 Å². The molecule has 6 heteroatoms. The van der Waals surface area contributed by atoms with E-state index in [9.17, 15) is 0 Å². The van der Waals surface area contributed by atoms with Crippen LogP contribution in [0.3, 0.4) is 0 Å². The largest absolute Gasteiger partial charge is 0.376 e. The molecule has 0 bridgehead atoms. The quantitative estimate of drug-likeness (QED) is 0.598. The highest BCUT2D eigenvalue weighted by Crippen LogP contribution is 2.13. The van der Waals surface area contributed by atoms with Crippen LogP contribution in [0, 0.1) is 0 Å². The van der Waals surface area contributed by atoms with Crippen LogP contribution in [-0.2, 0) is 28.4 Å². The Labute approximate surface area is 169 Å². The topological polar surface area (TPSA) is 68.6 Å². The fraction of sp³-hybridized carbons (Fsp3) is 0.727. The Hall–Kier alpha value is -1.02. The van der Waals surface area contributed by atoms with Gasteiger partial charge in [0.2, 0.25) is 0 Å². The summed E-state index contributed by atoms with van der Waals surface area (Å²) in [4.78, 5) is 0. The van der Waals surface area contributed by atoms with Crippen molar-refractivity contribution in [1.29, 1.82) is 0 Å². The van der Waals surface area contributed by atoms with Crippen LogP contribution in [0.15, 0.2) is 36.4 Å². The Morgan fingerprint density at radius 3 is 0.893 bits per heavy atom. The molecule has 0 amide bonds. The van der Waals surface area contributed by atoms with Gasteiger partial charge < -0.3 is 28.4 Å². The molecule has 0 spiro atoms. The zero-order valence-electron chi connectivity index (χ0n) is 17.3. The maximum atomic E-state index is 5.23. The fourth-order valence-electron chi connectivity index (χ4n) is 1.70. The highest BCUT2D eigenvalue weighted by atomic mass is 16.6. The monoisotopic (exact) mass is 396 g/mol. The molecule has 1 aromatic rings.